The van der Waals surface area contributed by atoms with Gasteiger partial charge < -0.3 is 24.2 Å². The summed E-state index contributed by atoms with van der Waals surface area (Å²) >= 11 is 0. The minimum Gasteiger partial charge on any atom is -0.492 e. The van der Waals surface area contributed by atoms with Crippen molar-refractivity contribution < 1.29 is 27.3 Å². The Bertz CT molecular complexity index is 1720. The van der Waals surface area contributed by atoms with Crippen LogP contribution in [0, 0.1) is 11.6 Å². The van der Waals surface area contributed by atoms with E-state index in [0.29, 0.717) is 55.5 Å². The van der Waals surface area contributed by atoms with Crippen molar-refractivity contribution in [3.63, 3.8) is 0 Å². The van der Waals surface area contributed by atoms with Crippen molar-refractivity contribution in [1.82, 2.24) is 14.4 Å². The third-order valence-corrected chi connectivity index (χ3v) is 9.06. The number of rotatable bonds is 8. The average molecular weight is 654 g/mol. The van der Waals surface area contributed by atoms with E-state index in [-0.39, 0.29) is 16.9 Å². The van der Waals surface area contributed by atoms with Gasteiger partial charge in [-0.3, -0.25) is 14.5 Å². The molecule has 1 fully saturated rings. The maximum absolute atomic E-state index is 14.2. The van der Waals surface area contributed by atoms with E-state index >= 15 is 0 Å². The van der Waals surface area contributed by atoms with Crippen LogP contribution in [-0.2, 0) is 29.9 Å². The number of ether oxygens (including phenoxy) is 1. The number of nitrogens with one attached hydrogen (secondary N) is 2. The molecule has 2 aliphatic rings. The number of anilines is 2. The molecule has 2 N–H and O–H groups in total. The van der Waals surface area contributed by atoms with Gasteiger partial charge in [-0.05, 0) is 65.3 Å². The third kappa shape index (κ3) is 6.87. The van der Waals surface area contributed by atoms with Crippen LogP contribution in [0.4, 0.5) is 20.2 Å². The molecule has 1 atom stereocenters. The topological polar surface area (TPSA) is 95.9 Å². The molecule has 46 heavy (non-hydrogen) atoms. The molecule has 246 valence electrons. The molecule has 0 spiro atoms. The summed E-state index contributed by atoms with van der Waals surface area (Å²) in [5.74, 6) is -2.55. The Labute approximate surface area is 271 Å². The van der Waals surface area contributed by atoms with Crippen molar-refractivity contribution >= 4 is 39.7 Å². The number of halogens is 2. The lowest BCUT2D eigenvalue weighted by atomic mass is 9.86. The highest BCUT2D eigenvalue weighted by Crippen LogP contribution is 2.39. The molecule has 2 heterocycles. The molecule has 12 heteroatoms. The standard InChI is InChI=1S/C34H41F2N5O4S/c1-34(2,3)23-18-26(31(45-5)27(19-23)38-46(6)44)37-32(42)28-17-21-9-7-10-22(30(21)39(28)4)20-40-13-15-41(16-14-40)33(43)24-11-8-12-25(35)29(24)36/h8,10-12,17-19,38H,7,9,13-16,20H2,1-6H3,(H,37,42). The van der Waals surface area contributed by atoms with Crippen molar-refractivity contribution in [3.05, 3.63) is 82.2 Å². The summed E-state index contributed by atoms with van der Waals surface area (Å²) in [4.78, 5) is 30.4. The molecule has 2 aromatic carbocycles. The number of hydrogen-bond donors (Lipinski definition) is 2. The molecule has 3 aromatic rings. The zero-order chi connectivity index (χ0) is 33.3. The molecule has 0 bridgehead atoms. The van der Waals surface area contributed by atoms with Gasteiger partial charge in [0.25, 0.3) is 11.8 Å². The Hall–Kier alpha value is -4.03. The van der Waals surface area contributed by atoms with Gasteiger partial charge in [0.2, 0.25) is 0 Å². The highest BCUT2D eigenvalue weighted by molar-refractivity contribution is 7.85. The van der Waals surface area contributed by atoms with Crippen LogP contribution in [0.1, 0.15) is 64.9 Å². The zero-order valence-electron chi connectivity index (χ0n) is 27.1. The fourth-order valence-corrected chi connectivity index (χ4v) is 6.58. The van der Waals surface area contributed by atoms with Gasteiger partial charge in [-0.25, -0.2) is 13.0 Å². The quantitative estimate of drug-likeness (QED) is 0.342. The van der Waals surface area contributed by atoms with E-state index in [9.17, 15) is 22.6 Å². The number of hydrogen-bond acceptors (Lipinski definition) is 5. The monoisotopic (exact) mass is 653 g/mol. The van der Waals surface area contributed by atoms with Gasteiger partial charge in [-0.1, -0.05) is 32.9 Å². The molecule has 1 aliphatic carbocycles. The maximum Gasteiger partial charge on any atom is 0.272 e. The molecule has 0 radical (unpaired) electrons. The third-order valence-electron chi connectivity index (χ3n) is 8.55. The predicted octanol–water partition coefficient (Wildman–Crippen LogP) is 5.35. The molecule has 1 aromatic heterocycles. The predicted molar refractivity (Wildman–Crippen MR) is 178 cm³/mol. The number of aromatic nitrogens is 1. The maximum atomic E-state index is 14.2. The summed E-state index contributed by atoms with van der Waals surface area (Å²) in [7, 11) is 2.05. The number of aryl methyl sites for hydroxylation is 1. The minimum atomic E-state index is -1.35. The average Bonchev–Trinajstić information content (AvgIpc) is 3.35. The van der Waals surface area contributed by atoms with Crippen LogP contribution in [0.5, 0.6) is 5.75 Å². The van der Waals surface area contributed by atoms with Crippen LogP contribution in [0.3, 0.4) is 0 Å². The largest absolute Gasteiger partial charge is 0.492 e. The first-order valence-corrected chi connectivity index (χ1v) is 16.8. The van der Waals surface area contributed by atoms with Crippen LogP contribution in [0.2, 0.25) is 0 Å². The zero-order valence-corrected chi connectivity index (χ0v) is 27.9. The number of fused-ring (bicyclic) bond motifs is 1. The molecule has 1 unspecified atom stereocenters. The Morgan fingerprint density at radius 2 is 1.74 bits per heavy atom. The second-order valence-corrected chi connectivity index (χ2v) is 13.9. The fourth-order valence-electron chi connectivity index (χ4n) is 6.12. The van der Waals surface area contributed by atoms with Gasteiger partial charge in [-0.2, -0.15) is 0 Å². The summed E-state index contributed by atoms with van der Waals surface area (Å²) in [5.41, 5.74) is 5.14. The summed E-state index contributed by atoms with van der Waals surface area (Å²) in [6, 6.07) is 9.37. The number of carbonyl (C=O) groups is 2. The van der Waals surface area contributed by atoms with Crippen molar-refractivity contribution in [1.29, 1.82) is 0 Å². The second kappa shape index (κ2) is 13.4. The van der Waals surface area contributed by atoms with E-state index < -0.39 is 28.5 Å². The number of nitrogens with zero attached hydrogens (tertiary/aromatic N) is 3. The number of benzene rings is 2. The second-order valence-electron chi connectivity index (χ2n) is 12.8. The van der Waals surface area contributed by atoms with E-state index in [1.54, 1.807) is 4.90 Å². The van der Waals surface area contributed by atoms with Crippen molar-refractivity contribution in [3.8, 4) is 5.75 Å². The molecular formula is C34H41F2N5O4S. The molecule has 1 saturated heterocycles. The van der Waals surface area contributed by atoms with Gasteiger partial charge in [0.15, 0.2) is 17.4 Å². The van der Waals surface area contributed by atoms with E-state index in [0.717, 1.165) is 41.3 Å². The first kappa shape index (κ1) is 33.3. The van der Waals surface area contributed by atoms with Gasteiger partial charge >= 0.3 is 0 Å². The highest BCUT2D eigenvalue weighted by Gasteiger charge is 2.29. The number of carbonyl (C=O) groups excluding carboxylic acids is 2. The summed E-state index contributed by atoms with van der Waals surface area (Å²) in [6.07, 6.45) is 5.38. The number of allylic oxidation sites excluding steroid dienone is 1. The Morgan fingerprint density at radius 3 is 2.39 bits per heavy atom. The molecule has 5 rings (SSSR count). The molecule has 9 nitrogen and oxygen atoms in total. The van der Waals surface area contributed by atoms with Crippen molar-refractivity contribution in [2.24, 2.45) is 7.05 Å². The SMILES string of the molecule is COc1c(NC(=O)c2cc3c(n2C)C(CN2CCN(C(=O)c4cccc(F)c4F)CC2)=CCC3)cc(C(C)(C)C)cc1NS(C)=O. The summed E-state index contributed by atoms with van der Waals surface area (Å²) in [5, 5.41) is 3.05. The lowest BCUT2D eigenvalue weighted by Crippen LogP contribution is -2.49. The van der Waals surface area contributed by atoms with Crippen LogP contribution in [0.25, 0.3) is 5.57 Å². The van der Waals surface area contributed by atoms with E-state index in [1.807, 2.05) is 29.8 Å². The van der Waals surface area contributed by atoms with Crippen LogP contribution >= 0.6 is 0 Å². The van der Waals surface area contributed by atoms with Crippen LogP contribution in [0.15, 0.2) is 42.5 Å². The van der Waals surface area contributed by atoms with Gasteiger partial charge in [-0.15, -0.1) is 0 Å². The summed E-state index contributed by atoms with van der Waals surface area (Å²) in [6.45, 7) is 8.77. The van der Waals surface area contributed by atoms with Gasteiger partial charge in [0, 0.05) is 51.7 Å². The lowest BCUT2D eigenvalue weighted by molar-refractivity contribution is 0.0646. The Morgan fingerprint density at radius 1 is 1.04 bits per heavy atom. The molecule has 1 aliphatic heterocycles. The highest BCUT2D eigenvalue weighted by atomic mass is 32.2. The first-order chi connectivity index (χ1) is 21.8. The lowest BCUT2D eigenvalue weighted by Gasteiger charge is -2.35. The number of amides is 2. The van der Waals surface area contributed by atoms with Gasteiger partial charge in [0.05, 0.1) is 24.0 Å². The first-order valence-electron chi connectivity index (χ1n) is 15.3. The molecule has 2 amide bonds. The summed E-state index contributed by atoms with van der Waals surface area (Å²) < 4.78 is 50.5. The molecule has 0 saturated carbocycles. The van der Waals surface area contributed by atoms with Crippen molar-refractivity contribution in [2.75, 3.05) is 56.1 Å². The van der Waals surface area contributed by atoms with E-state index in [2.05, 4.69) is 41.8 Å². The normalized spacial score (nSPS) is 16.0. The van der Waals surface area contributed by atoms with E-state index in [4.69, 9.17) is 4.74 Å². The van der Waals surface area contributed by atoms with E-state index in [1.165, 1.54) is 25.5 Å². The Kier molecular flexibility index (Phi) is 9.69. The molecular weight excluding hydrogens is 612 g/mol. The smallest absolute Gasteiger partial charge is 0.272 e. The van der Waals surface area contributed by atoms with Crippen molar-refractivity contribution in [2.45, 2.75) is 39.0 Å². The number of methoxy groups -OCH3 is 1. The van der Waals surface area contributed by atoms with Crippen LogP contribution < -0.4 is 14.8 Å². The number of piperazine rings is 1. The van der Waals surface area contributed by atoms with Gasteiger partial charge in [0.1, 0.15) is 16.7 Å². The minimum absolute atomic E-state index is 0.240. The van der Waals surface area contributed by atoms with Crippen LogP contribution in [-0.4, -0.2) is 76.5 Å². The fraction of sp³-hybridized carbons (Fsp3) is 0.412. The Balaban J connectivity index is 1.32.